The number of fused-ring (bicyclic) bond motifs is 2. The SMILES string of the molecule is Cc1cc(C[C@@H](OC(=O)N2CCC(N3CCc4ccccc4NC3=O)CC2)C(=O)N2CCC(N3CCC[C@@H]3C(=O)OCCCN3CCOCC3)CC2)cc2oc(=O)n(C)c12. The number of aryl methyl sites for hydroxylation is 2. The molecule has 0 bridgehead atoms. The number of rotatable bonds is 11. The molecule has 4 fully saturated rings. The summed E-state index contributed by atoms with van der Waals surface area (Å²) in [4.78, 5) is 77.0. The van der Waals surface area contributed by atoms with Crippen molar-refractivity contribution in [2.75, 3.05) is 84.0 Å². The molecule has 60 heavy (non-hydrogen) atoms. The van der Waals surface area contributed by atoms with Crippen molar-refractivity contribution in [2.24, 2.45) is 7.05 Å². The van der Waals surface area contributed by atoms with Crippen LogP contribution in [0.1, 0.15) is 61.6 Å². The van der Waals surface area contributed by atoms with Crippen LogP contribution in [-0.4, -0.2) is 156 Å². The molecule has 5 aliphatic rings. The monoisotopic (exact) mass is 829 g/mol. The molecule has 8 rings (SSSR count). The van der Waals surface area contributed by atoms with E-state index in [9.17, 15) is 24.0 Å². The Kier molecular flexibility index (Phi) is 13.1. The third kappa shape index (κ3) is 9.35. The van der Waals surface area contributed by atoms with Crippen molar-refractivity contribution in [3.8, 4) is 0 Å². The Morgan fingerprint density at radius 3 is 2.40 bits per heavy atom. The highest BCUT2D eigenvalue weighted by Crippen LogP contribution is 2.29. The fourth-order valence-electron chi connectivity index (χ4n) is 9.87. The van der Waals surface area contributed by atoms with E-state index in [1.807, 2.05) is 42.2 Å². The number of nitrogens with zero attached hydrogens (tertiary/aromatic N) is 6. The lowest BCUT2D eigenvalue weighted by molar-refractivity contribution is -0.151. The Morgan fingerprint density at radius 2 is 1.62 bits per heavy atom. The van der Waals surface area contributed by atoms with Gasteiger partial charge in [-0.2, -0.15) is 0 Å². The van der Waals surface area contributed by atoms with Crippen LogP contribution < -0.4 is 11.1 Å². The number of carbonyl (C=O) groups is 4. The van der Waals surface area contributed by atoms with E-state index in [0.717, 1.165) is 81.9 Å². The number of likely N-dealkylation sites (tertiary alicyclic amines) is 3. The Morgan fingerprint density at radius 1 is 0.883 bits per heavy atom. The van der Waals surface area contributed by atoms with E-state index in [1.54, 1.807) is 22.9 Å². The van der Waals surface area contributed by atoms with Crippen molar-refractivity contribution in [1.29, 1.82) is 0 Å². The van der Waals surface area contributed by atoms with Gasteiger partial charge in [0.1, 0.15) is 6.04 Å². The van der Waals surface area contributed by atoms with Crippen molar-refractivity contribution >= 4 is 40.8 Å². The summed E-state index contributed by atoms with van der Waals surface area (Å²) in [5.41, 5.74) is 4.55. The summed E-state index contributed by atoms with van der Waals surface area (Å²) in [6.07, 6.45) is 4.22. The molecule has 0 spiro atoms. The number of oxazole rings is 1. The number of amides is 4. The van der Waals surface area contributed by atoms with E-state index in [4.69, 9.17) is 18.6 Å². The van der Waals surface area contributed by atoms with Crippen molar-refractivity contribution in [2.45, 2.75) is 88.9 Å². The zero-order valence-electron chi connectivity index (χ0n) is 35.0. The second-order valence-corrected chi connectivity index (χ2v) is 16.9. The second-order valence-electron chi connectivity index (χ2n) is 16.9. The van der Waals surface area contributed by atoms with E-state index in [1.165, 1.54) is 4.57 Å². The van der Waals surface area contributed by atoms with Crippen molar-refractivity contribution < 1.29 is 37.8 Å². The largest absolute Gasteiger partial charge is 0.464 e. The summed E-state index contributed by atoms with van der Waals surface area (Å²) in [7, 11) is 1.65. The van der Waals surface area contributed by atoms with Gasteiger partial charge in [-0.25, -0.2) is 14.4 Å². The molecule has 324 valence electrons. The molecule has 5 aliphatic heterocycles. The summed E-state index contributed by atoms with van der Waals surface area (Å²) in [6, 6.07) is 11.2. The molecule has 2 atom stereocenters. The van der Waals surface area contributed by atoms with Gasteiger partial charge in [0.15, 0.2) is 11.7 Å². The smallest absolute Gasteiger partial charge is 0.419 e. The quantitative estimate of drug-likeness (QED) is 0.222. The summed E-state index contributed by atoms with van der Waals surface area (Å²) >= 11 is 0. The number of ether oxygens (including phenoxy) is 3. The van der Waals surface area contributed by atoms with Gasteiger partial charge in [-0.1, -0.05) is 24.3 Å². The van der Waals surface area contributed by atoms with Crippen LogP contribution in [0.15, 0.2) is 45.6 Å². The topological polar surface area (TPSA) is 159 Å². The zero-order chi connectivity index (χ0) is 41.8. The van der Waals surface area contributed by atoms with Crippen molar-refractivity contribution in [1.82, 2.24) is 29.1 Å². The lowest BCUT2D eigenvalue weighted by Crippen LogP contribution is -2.53. The maximum absolute atomic E-state index is 14.4. The maximum Gasteiger partial charge on any atom is 0.419 e. The van der Waals surface area contributed by atoms with Crippen LogP contribution in [0.4, 0.5) is 15.3 Å². The van der Waals surface area contributed by atoms with E-state index in [2.05, 4.69) is 15.1 Å². The minimum Gasteiger partial charge on any atom is -0.464 e. The van der Waals surface area contributed by atoms with Gasteiger partial charge in [0.25, 0.3) is 5.91 Å². The summed E-state index contributed by atoms with van der Waals surface area (Å²) in [5, 5.41) is 3.05. The number of esters is 1. The third-order valence-electron chi connectivity index (χ3n) is 13.2. The van der Waals surface area contributed by atoms with Gasteiger partial charge in [-0.3, -0.25) is 24.0 Å². The van der Waals surface area contributed by atoms with Gasteiger partial charge in [0.2, 0.25) is 0 Å². The molecular weight excluding hydrogens is 771 g/mol. The van der Waals surface area contributed by atoms with Gasteiger partial charge in [0, 0.05) is 83.6 Å². The number of benzene rings is 2. The molecule has 0 aliphatic carbocycles. The molecular formula is C44H59N7O9. The first-order valence-corrected chi connectivity index (χ1v) is 21.8. The van der Waals surface area contributed by atoms with Crippen LogP contribution >= 0.6 is 0 Å². The van der Waals surface area contributed by atoms with Crippen molar-refractivity contribution in [3.63, 3.8) is 0 Å². The Labute approximate surface area is 350 Å². The summed E-state index contributed by atoms with van der Waals surface area (Å²) in [6.45, 7) is 9.61. The minimum absolute atomic E-state index is 0.0327. The van der Waals surface area contributed by atoms with Crippen LogP contribution in [0.25, 0.3) is 11.1 Å². The number of hydrogen-bond acceptors (Lipinski definition) is 11. The molecule has 1 aromatic heterocycles. The Bertz CT molecular complexity index is 2080. The molecule has 4 amide bonds. The molecule has 16 heteroatoms. The molecule has 6 heterocycles. The van der Waals surface area contributed by atoms with Crippen LogP contribution in [0, 0.1) is 6.92 Å². The Balaban J connectivity index is 0.888. The van der Waals surface area contributed by atoms with Gasteiger partial charge in [0.05, 0.1) is 25.3 Å². The van der Waals surface area contributed by atoms with Gasteiger partial charge >= 0.3 is 23.8 Å². The fourth-order valence-corrected chi connectivity index (χ4v) is 9.87. The van der Waals surface area contributed by atoms with Crippen LogP contribution in [0.5, 0.6) is 0 Å². The number of morpholine rings is 1. The lowest BCUT2D eigenvalue weighted by Gasteiger charge is -2.40. The van der Waals surface area contributed by atoms with Gasteiger partial charge < -0.3 is 38.6 Å². The van der Waals surface area contributed by atoms with E-state index >= 15 is 0 Å². The maximum atomic E-state index is 14.4. The number of anilines is 1. The number of piperidine rings is 2. The van der Waals surface area contributed by atoms with E-state index in [-0.39, 0.29) is 42.5 Å². The van der Waals surface area contributed by atoms with Crippen LogP contribution in [-0.2, 0) is 43.7 Å². The highest BCUT2D eigenvalue weighted by Gasteiger charge is 2.40. The lowest BCUT2D eigenvalue weighted by atomic mass is 9.99. The van der Waals surface area contributed by atoms with Crippen LogP contribution in [0.2, 0.25) is 0 Å². The first kappa shape index (κ1) is 41.8. The molecule has 2 aromatic carbocycles. The predicted octanol–water partition coefficient (Wildman–Crippen LogP) is 3.76. The molecule has 16 nitrogen and oxygen atoms in total. The Hall–Kier alpha value is -4.93. The highest BCUT2D eigenvalue weighted by atomic mass is 16.6. The number of para-hydroxylation sites is 1. The van der Waals surface area contributed by atoms with Crippen molar-refractivity contribution in [3.05, 3.63) is 63.6 Å². The fraction of sp³-hybridized carbons (Fsp3) is 0.614. The summed E-state index contributed by atoms with van der Waals surface area (Å²) in [5.74, 6) is -0.914. The number of aromatic nitrogens is 1. The minimum atomic E-state index is -1.11. The van der Waals surface area contributed by atoms with Gasteiger partial charge in [-0.15, -0.1) is 0 Å². The van der Waals surface area contributed by atoms with E-state index in [0.29, 0.717) is 81.7 Å². The highest BCUT2D eigenvalue weighted by molar-refractivity contribution is 5.91. The van der Waals surface area contributed by atoms with E-state index < -0.39 is 18.0 Å². The second kappa shape index (κ2) is 18.8. The molecule has 0 radical (unpaired) electrons. The number of nitrogens with one attached hydrogen (secondary N) is 1. The normalized spacial score (nSPS) is 21.7. The molecule has 3 aromatic rings. The first-order chi connectivity index (χ1) is 29.1. The first-order valence-electron chi connectivity index (χ1n) is 21.8. The number of carbonyl (C=O) groups excluding carboxylic acids is 4. The molecule has 1 N–H and O–H groups in total. The average molecular weight is 830 g/mol. The standard InChI is InChI=1S/C44H59N7O9/c1-30-27-31(28-37-39(30)46(2)43(55)59-37)29-38(60-44(56)49-19-13-34(14-20-49)51-21-10-32-7-3-4-8-35(32)45-42(51)54)40(52)48-17-11-33(12-18-48)50-16-5-9-36(50)41(53)58-24-6-15-47-22-25-57-26-23-47/h3-4,7-8,27-28,33-34,36,38H,5-6,9-26,29H2,1-2H3,(H,45,54)/t36-,38-/m1/s1. The van der Waals surface area contributed by atoms with Crippen LogP contribution in [0.3, 0.4) is 0 Å². The molecule has 0 saturated carbocycles. The van der Waals surface area contributed by atoms with Gasteiger partial charge in [-0.05, 0) is 93.7 Å². The predicted molar refractivity (Wildman–Crippen MR) is 223 cm³/mol. The number of urea groups is 1. The molecule has 4 saturated heterocycles. The average Bonchev–Trinajstić information content (AvgIpc) is 3.82. The zero-order valence-corrected chi connectivity index (χ0v) is 35.0. The number of hydrogen-bond donors (Lipinski definition) is 1. The summed E-state index contributed by atoms with van der Waals surface area (Å²) < 4.78 is 24.3. The molecule has 0 unspecified atom stereocenters. The third-order valence-corrected chi connectivity index (χ3v) is 13.2.